The topological polar surface area (TPSA) is 50.8 Å². The first-order valence-corrected chi connectivity index (χ1v) is 12.0. The number of nitrogens with one attached hydrogen (secondary N) is 1. The van der Waals surface area contributed by atoms with Crippen LogP contribution in [0, 0.1) is 0 Å². The van der Waals surface area contributed by atoms with Crippen molar-refractivity contribution in [2.45, 2.75) is 57.1 Å². The third-order valence-electron chi connectivity index (χ3n) is 6.98. The number of carbonyl (C=O) groups excluding carboxylic acids is 1. The van der Waals surface area contributed by atoms with Crippen molar-refractivity contribution in [3.8, 4) is 16.9 Å². The van der Waals surface area contributed by atoms with E-state index in [4.69, 9.17) is 9.47 Å². The molecule has 1 amide bonds. The smallest absolute Gasteiger partial charge is 0.252 e. The molecule has 2 aromatic rings. The SMILES string of the molecule is COc1ccccc1-c1cccc(C[C@@]2(C(=O)NCCN3CCCC[C@@H]3C)CCCO2)c1. The van der Waals surface area contributed by atoms with Crippen LogP contribution in [-0.2, 0) is 16.0 Å². The summed E-state index contributed by atoms with van der Waals surface area (Å²) in [4.78, 5) is 15.8. The Hall–Kier alpha value is -2.37. The van der Waals surface area contributed by atoms with Gasteiger partial charge in [0.2, 0.25) is 0 Å². The maximum Gasteiger partial charge on any atom is 0.252 e. The van der Waals surface area contributed by atoms with E-state index in [1.54, 1.807) is 7.11 Å². The van der Waals surface area contributed by atoms with Gasteiger partial charge in [-0.3, -0.25) is 9.69 Å². The van der Waals surface area contributed by atoms with Crippen LogP contribution >= 0.6 is 0 Å². The van der Waals surface area contributed by atoms with E-state index in [0.29, 0.717) is 25.6 Å². The van der Waals surface area contributed by atoms with Gasteiger partial charge in [0.25, 0.3) is 5.91 Å². The van der Waals surface area contributed by atoms with Gasteiger partial charge in [0, 0.05) is 37.7 Å². The molecule has 2 aliphatic rings. The monoisotopic (exact) mass is 436 g/mol. The molecule has 5 nitrogen and oxygen atoms in total. The van der Waals surface area contributed by atoms with Crippen LogP contribution in [0.2, 0.25) is 0 Å². The first-order valence-electron chi connectivity index (χ1n) is 12.0. The molecule has 2 aromatic carbocycles. The van der Waals surface area contributed by atoms with E-state index < -0.39 is 5.60 Å². The average molecular weight is 437 g/mol. The van der Waals surface area contributed by atoms with Crippen molar-refractivity contribution in [2.75, 3.05) is 33.4 Å². The summed E-state index contributed by atoms with van der Waals surface area (Å²) in [7, 11) is 1.69. The van der Waals surface area contributed by atoms with Crippen molar-refractivity contribution in [3.63, 3.8) is 0 Å². The second-order valence-corrected chi connectivity index (χ2v) is 9.16. The van der Waals surface area contributed by atoms with Crippen molar-refractivity contribution in [2.24, 2.45) is 0 Å². The molecule has 172 valence electrons. The fraction of sp³-hybridized carbons (Fsp3) is 0.519. The molecule has 0 saturated carbocycles. The van der Waals surface area contributed by atoms with Crippen molar-refractivity contribution in [3.05, 3.63) is 54.1 Å². The molecule has 2 heterocycles. The molecule has 1 N–H and O–H groups in total. The molecule has 0 radical (unpaired) electrons. The first-order chi connectivity index (χ1) is 15.6. The Morgan fingerprint density at radius 3 is 2.84 bits per heavy atom. The summed E-state index contributed by atoms with van der Waals surface area (Å²) in [6.45, 7) is 5.65. The molecule has 0 bridgehead atoms. The minimum absolute atomic E-state index is 0.0300. The van der Waals surface area contributed by atoms with Gasteiger partial charge >= 0.3 is 0 Å². The predicted octanol–water partition coefficient (Wildman–Crippen LogP) is 4.44. The van der Waals surface area contributed by atoms with Gasteiger partial charge in [-0.25, -0.2) is 0 Å². The predicted molar refractivity (Wildman–Crippen MR) is 128 cm³/mol. The van der Waals surface area contributed by atoms with Crippen LogP contribution in [0.5, 0.6) is 5.75 Å². The zero-order valence-corrected chi connectivity index (χ0v) is 19.4. The molecular weight excluding hydrogens is 400 g/mol. The number of piperidine rings is 1. The Labute approximate surface area is 192 Å². The Morgan fingerprint density at radius 2 is 2.06 bits per heavy atom. The number of rotatable bonds is 8. The lowest BCUT2D eigenvalue weighted by Crippen LogP contribution is -2.50. The molecule has 0 unspecified atom stereocenters. The number of ether oxygens (including phenoxy) is 2. The zero-order valence-electron chi connectivity index (χ0n) is 19.4. The summed E-state index contributed by atoms with van der Waals surface area (Å²) in [5.74, 6) is 0.878. The second-order valence-electron chi connectivity index (χ2n) is 9.16. The van der Waals surface area contributed by atoms with Gasteiger partial charge in [0.1, 0.15) is 5.75 Å². The van der Waals surface area contributed by atoms with Crippen LogP contribution in [0.15, 0.2) is 48.5 Å². The minimum atomic E-state index is -0.771. The summed E-state index contributed by atoms with van der Waals surface area (Å²) in [6, 6.07) is 17.0. The van der Waals surface area contributed by atoms with Crippen LogP contribution in [0.1, 0.15) is 44.6 Å². The first kappa shape index (κ1) is 22.8. The van der Waals surface area contributed by atoms with Crippen LogP contribution in [0.3, 0.4) is 0 Å². The summed E-state index contributed by atoms with van der Waals surface area (Å²) >= 11 is 0. The van der Waals surface area contributed by atoms with Crippen LogP contribution in [-0.4, -0.2) is 55.8 Å². The van der Waals surface area contributed by atoms with Crippen molar-refractivity contribution in [1.29, 1.82) is 0 Å². The molecule has 2 aliphatic heterocycles. The van der Waals surface area contributed by atoms with Crippen molar-refractivity contribution >= 4 is 5.91 Å². The van der Waals surface area contributed by atoms with E-state index in [9.17, 15) is 4.79 Å². The fourth-order valence-corrected chi connectivity index (χ4v) is 5.12. The number of carbonyl (C=O) groups is 1. The lowest BCUT2D eigenvalue weighted by Gasteiger charge is -2.34. The number of methoxy groups -OCH3 is 1. The number of hydrogen-bond acceptors (Lipinski definition) is 4. The van der Waals surface area contributed by atoms with Gasteiger partial charge in [0.15, 0.2) is 5.60 Å². The van der Waals surface area contributed by atoms with E-state index in [1.165, 1.54) is 19.3 Å². The highest BCUT2D eigenvalue weighted by Gasteiger charge is 2.42. The molecule has 5 heteroatoms. The van der Waals surface area contributed by atoms with Gasteiger partial charge in [0.05, 0.1) is 7.11 Å². The number of hydrogen-bond donors (Lipinski definition) is 1. The Balaban J connectivity index is 1.44. The van der Waals surface area contributed by atoms with E-state index in [2.05, 4.69) is 47.5 Å². The number of para-hydroxylation sites is 1. The van der Waals surface area contributed by atoms with E-state index in [1.807, 2.05) is 18.2 Å². The summed E-state index contributed by atoms with van der Waals surface area (Å²) in [5.41, 5.74) is 2.48. The van der Waals surface area contributed by atoms with Crippen molar-refractivity contribution in [1.82, 2.24) is 10.2 Å². The molecule has 2 fully saturated rings. The highest BCUT2D eigenvalue weighted by Crippen LogP contribution is 2.33. The highest BCUT2D eigenvalue weighted by atomic mass is 16.5. The number of benzene rings is 2. The van der Waals surface area contributed by atoms with Gasteiger partial charge in [-0.05, 0) is 56.3 Å². The molecular formula is C27H36N2O3. The normalized spacial score (nSPS) is 23.8. The van der Waals surface area contributed by atoms with Crippen molar-refractivity contribution < 1.29 is 14.3 Å². The molecule has 0 spiro atoms. The zero-order chi connectivity index (χ0) is 22.4. The van der Waals surface area contributed by atoms with E-state index >= 15 is 0 Å². The fourth-order valence-electron chi connectivity index (χ4n) is 5.12. The maximum absolute atomic E-state index is 13.3. The summed E-state index contributed by atoms with van der Waals surface area (Å²) < 4.78 is 11.7. The van der Waals surface area contributed by atoms with Gasteiger partial charge in [-0.2, -0.15) is 0 Å². The highest BCUT2D eigenvalue weighted by molar-refractivity contribution is 5.86. The standard InChI is InChI=1S/C27H36N2O3/c1-21-9-5-6-16-29(21)17-15-28-26(30)27(14-8-18-32-27)20-22-10-7-11-23(19-22)24-12-3-4-13-25(24)31-2/h3-4,7,10-13,19,21H,5-6,8-9,14-18,20H2,1-2H3,(H,28,30)/t21-,27+/m0/s1. The summed E-state index contributed by atoms with van der Waals surface area (Å²) in [5, 5.41) is 3.19. The van der Waals surface area contributed by atoms with Crippen LogP contribution in [0.4, 0.5) is 0 Å². The van der Waals surface area contributed by atoms with E-state index in [0.717, 1.165) is 48.4 Å². The third kappa shape index (κ3) is 5.16. The van der Waals surface area contributed by atoms with Crippen LogP contribution < -0.4 is 10.1 Å². The van der Waals surface area contributed by atoms with E-state index in [-0.39, 0.29) is 5.91 Å². The Morgan fingerprint density at radius 1 is 1.19 bits per heavy atom. The lowest BCUT2D eigenvalue weighted by atomic mass is 9.89. The largest absolute Gasteiger partial charge is 0.496 e. The van der Waals surface area contributed by atoms with Gasteiger partial charge in [-0.15, -0.1) is 0 Å². The molecule has 2 atom stereocenters. The molecule has 0 aromatic heterocycles. The maximum atomic E-state index is 13.3. The lowest BCUT2D eigenvalue weighted by molar-refractivity contribution is -0.141. The molecule has 4 rings (SSSR count). The average Bonchev–Trinajstić information content (AvgIpc) is 3.30. The van der Waals surface area contributed by atoms with Gasteiger partial charge in [-0.1, -0.05) is 48.9 Å². The number of likely N-dealkylation sites (tertiary alicyclic amines) is 1. The van der Waals surface area contributed by atoms with Gasteiger partial charge < -0.3 is 14.8 Å². The number of nitrogens with zero attached hydrogens (tertiary/aromatic N) is 1. The minimum Gasteiger partial charge on any atom is -0.496 e. The Bertz CT molecular complexity index is 907. The molecule has 2 saturated heterocycles. The quantitative estimate of drug-likeness (QED) is 0.665. The van der Waals surface area contributed by atoms with Crippen LogP contribution in [0.25, 0.3) is 11.1 Å². The summed E-state index contributed by atoms with van der Waals surface area (Å²) in [6.07, 6.45) is 6.09. The Kier molecular flexibility index (Phi) is 7.48. The molecule has 0 aliphatic carbocycles. The third-order valence-corrected chi connectivity index (χ3v) is 6.98. The number of amides is 1. The molecule has 32 heavy (non-hydrogen) atoms. The second kappa shape index (κ2) is 10.5.